The van der Waals surface area contributed by atoms with Crippen LogP contribution in [-0.4, -0.2) is 34.3 Å². The van der Waals surface area contributed by atoms with Crippen molar-refractivity contribution in [2.75, 3.05) is 6.54 Å². The minimum atomic E-state index is -0.564. The molecule has 0 bridgehead atoms. The van der Waals surface area contributed by atoms with Crippen LogP contribution in [0.4, 0.5) is 4.39 Å². The number of hydrogen-bond donors (Lipinski definition) is 1. The van der Waals surface area contributed by atoms with E-state index in [4.69, 9.17) is 0 Å². The van der Waals surface area contributed by atoms with E-state index in [9.17, 15) is 19.1 Å². The summed E-state index contributed by atoms with van der Waals surface area (Å²) in [4.78, 5) is 25.3. The van der Waals surface area contributed by atoms with Gasteiger partial charge in [0.2, 0.25) is 0 Å². The lowest BCUT2D eigenvalue weighted by molar-refractivity contribution is -0.118. The molecule has 0 aromatic heterocycles. The van der Waals surface area contributed by atoms with E-state index in [1.54, 1.807) is 4.90 Å². The van der Waals surface area contributed by atoms with Gasteiger partial charge in [0.1, 0.15) is 17.3 Å². The second-order valence-electron chi connectivity index (χ2n) is 5.22. The molecule has 1 aromatic rings. The van der Waals surface area contributed by atoms with E-state index >= 15 is 0 Å². The Morgan fingerprint density at radius 2 is 2.15 bits per heavy atom. The van der Waals surface area contributed by atoms with Crippen molar-refractivity contribution in [1.82, 2.24) is 4.90 Å². The molecule has 0 aliphatic carbocycles. The topological polar surface area (TPSA) is 57.6 Å². The van der Waals surface area contributed by atoms with Gasteiger partial charge in [-0.25, -0.2) is 4.39 Å². The number of amides is 1. The van der Waals surface area contributed by atoms with E-state index in [0.29, 0.717) is 13.0 Å². The first-order valence-corrected chi connectivity index (χ1v) is 6.78. The van der Waals surface area contributed by atoms with Crippen molar-refractivity contribution in [3.63, 3.8) is 0 Å². The zero-order valence-electron chi connectivity index (χ0n) is 11.4. The summed E-state index contributed by atoms with van der Waals surface area (Å²) in [6, 6.07) is 3.16. The maximum atomic E-state index is 13.2. The summed E-state index contributed by atoms with van der Waals surface area (Å²) in [5.74, 6) is -1.18. The number of aromatic hydroxyl groups is 1. The Balaban J connectivity index is 2.25. The first kappa shape index (κ1) is 14.5. The van der Waals surface area contributed by atoms with E-state index in [1.165, 1.54) is 13.0 Å². The second-order valence-corrected chi connectivity index (χ2v) is 5.22. The highest BCUT2D eigenvalue weighted by Crippen LogP contribution is 2.26. The molecular formula is C15H18FNO3. The lowest BCUT2D eigenvalue weighted by atomic mass is 9.96. The molecule has 1 heterocycles. The van der Waals surface area contributed by atoms with Crippen LogP contribution in [-0.2, 0) is 4.79 Å². The molecule has 108 valence electrons. The Morgan fingerprint density at radius 1 is 1.40 bits per heavy atom. The van der Waals surface area contributed by atoms with Crippen molar-refractivity contribution >= 4 is 11.7 Å². The molecule has 1 saturated heterocycles. The molecule has 1 aromatic carbocycles. The molecule has 1 aliphatic heterocycles. The average Bonchev–Trinajstić information content (AvgIpc) is 2.41. The number of carbonyl (C=O) groups excluding carboxylic acids is 2. The number of Topliss-reactive ketones (excluding diaryl/α,β-unsaturated/α-hetero) is 1. The molecule has 5 heteroatoms. The maximum Gasteiger partial charge on any atom is 0.257 e. The zero-order valence-corrected chi connectivity index (χ0v) is 11.4. The summed E-state index contributed by atoms with van der Waals surface area (Å²) in [6.45, 7) is 2.03. The molecule has 2 rings (SSSR count). The normalized spacial score (nSPS) is 18.9. The van der Waals surface area contributed by atoms with Gasteiger partial charge in [0.05, 0.1) is 5.56 Å². The third kappa shape index (κ3) is 3.15. The molecule has 4 nitrogen and oxygen atoms in total. The predicted molar refractivity (Wildman–Crippen MR) is 72.0 cm³/mol. The van der Waals surface area contributed by atoms with E-state index in [-0.39, 0.29) is 23.1 Å². The van der Waals surface area contributed by atoms with Crippen LogP contribution in [0, 0.1) is 5.82 Å². The lowest BCUT2D eigenvalue weighted by Gasteiger charge is -2.35. The average molecular weight is 279 g/mol. The van der Waals surface area contributed by atoms with Crippen molar-refractivity contribution in [1.29, 1.82) is 0 Å². The fourth-order valence-corrected chi connectivity index (χ4v) is 2.65. The summed E-state index contributed by atoms with van der Waals surface area (Å²) in [6.07, 6.45) is 2.90. The molecule has 0 spiro atoms. The Morgan fingerprint density at radius 3 is 2.85 bits per heavy atom. The Kier molecular flexibility index (Phi) is 4.37. The molecule has 0 saturated carbocycles. The van der Waals surface area contributed by atoms with E-state index < -0.39 is 11.7 Å². The van der Waals surface area contributed by atoms with Crippen molar-refractivity contribution in [3.8, 4) is 5.75 Å². The van der Waals surface area contributed by atoms with E-state index in [2.05, 4.69) is 0 Å². The summed E-state index contributed by atoms with van der Waals surface area (Å²) in [5, 5.41) is 9.72. The zero-order chi connectivity index (χ0) is 14.7. The summed E-state index contributed by atoms with van der Waals surface area (Å²) < 4.78 is 13.2. The van der Waals surface area contributed by atoms with Crippen LogP contribution in [0.2, 0.25) is 0 Å². The van der Waals surface area contributed by atoms with Gasteiger partial charge in [0, 0.05) is 19.0 Å². The minimum Gasteiger partial charge on any atom is -0.507 e. The molecule has 1 fully saturated rings. The molecule has 1 amide bonds. The van der Waals surface area contributed by atoms with Gasteiger partial charge in [-0.2, -0.15) is 0 Å². The number of likely N-dealkylation sites (tertiary alicyclic amines) is 1. The quantitative estimate of drug-likeness (QED) is 0.925. The fraction of sp³-hybridized carbons (Fsp3) is 0.467. The second kappa shape index (κ2) is 6.03. The van der Waals surface area contributed by atoms with Crippen molar-refractivity contribution in [2.45, 2.75) is 38.6 Å². The van der Waals surface area contributed by atoms with Gasteiger partial charge < -0.3 is 10.0 Å². The number of phenols is 1. The highest BCUT2D eigenvalue weighted by Gasteiger charge is 2.29. The predicted octanol–water partition coefficient (Wildman–Crippen LogP) is 2.51. The van der Waals surface area contributed by atoms with Gasteiger partial charge >= 0.3 is 0 Å². The Hall–Kier alpha value is -1.91. The summed E-state index contributed by atoms with van der Waals surface area (Å²) in [7, 11) is 0. The van der Waals surface area contributed by atoms with Gasteiger partial charge in [0.25, 0.3) is 5.91 Å². The molecule has 1 unspecified atom stereocenters. The monoisotopic (exact) mass is 279 g/mol. The number of carbonyl (C=O) groups is 2. The number of nitrogens with zero attached hydrogens (tertiary/aromatic N) is 1. The molecule has 1 aliphatic rings. The van der Waals surface area contributed by atoms with Crippen molar-refractivity contribution in [3.05, 3.63) is 29.6 Å². The fourth-order valence-electron chi connectivity index (χ4n) is 2.65. The largest absolute Gasteiger partial charge is 0.507 e. The Bertz CT molecular complexity index is 530. The number of rotatable bonds is 3. The molecule has 0 radical (unpaired) electrons. The van der Waals surface area contributed by atoms with E-state index in [0.717, 1.165) is 31.4 Å². The highest BCUT2D eigenvalue weighted by atomic mass is 19.1. The van der Waals surface area contributed by atoms with Gasteiger partial charge in [0.15, 0.2) is 0 Å². The highest BCUT2D eigenvalue weighted by molar-refractivity contribution is 5.97. The molecule has 20 heavy (non-hydrogen) atoms. The van der Waals surface area contributed by atoms with Gasteiger partial charge in [-0.05, 0) is 44.4 Å². The number of piperidine rings is 1. The third-order valence-corrected chi connectivity index (χ3v) is 3.60. The van der Waals surface area contributed by atoms with Crippen LogP contribution in [0.25, 0.3) is 0 Å². The summed E-state index contributed by atoms with van der Waals surface area (Å²) in [5.41, 5.74) is -0.0412. The van der Waals surface area contributed by atoms with Gasteiger partial charge in [-0.15, -0.1) is 0 Å². The third-order valence-electron chi connectivity index (χ3n) is 3.60. The standard InChI is InChI=1S/C15H18FNO3/c1-10(18)8-12-4-2-3-7-17(12)15(20)13-9-11(16)5-6-14(13)19/h5-6,9,12,19H,2-4,7-8H2,1H3. The number of hydrogen-bond acceptors (Lipinski definition) is 3. The number of phenolic OH excluding ortho intramolecular Hbond substituents is 1. The first-order valence-electron chi connectivity index (χ1n) is 6.78. The molecule has 1 N–H and O–H groups in total. The van der Waals surface area contributed by atoms with Crippen LogP contribution in [0.1, 0.15) is 43.0 Å². The number of ketones is 1. The molecular weight excluding hydrogens is 261 g/mol. The van der Waals surface area contributed by atoms with Crippen molar-refractivity contribution < 1.29 is 19.1 Å². The van der Waals surface area contributed by atoms with E-state index in [1.807, 2.05) is 0 Å². The Labute approximate surface area is 117 Å². The molecule has 1 atom stereocenters. The lowest BCUT2D eigenvalue weighted by Crippen LogP contribution is -2.44. The minimum absolute atomic E-state index is 0.0261. The smallest absolute Gasteiger partial charge is 0.257 e. The van der Waals surface area contributed by atoms with Crippen LogP contribution >= 0.6 is 0 Å². The van der Waals surface area contributed by atoms with Crippen molar-refractivity contribution in [2.24, 2.45) is 0 Å². The van der Waals surface area contributed by atoms with Crippen LogP contribution < -0.4 is 0 Å². The SMILES string of the molecule is CC(=O)CC1CCCCN1C(=O)c1cc(F)ccc1O. The van der Waals surface area contributed by atoms with Crippen LogP contribution in [0.15, 0.2) is 18.2 Å². The first-order chi connectivity index (χ1) is 9.49. The number of halogens is 1. The summed E-state index contributed by atoms with van der Waals surface area (Å²) >= 11 is 0. The van der Waals surface area contributed by atoms with Crippen LogP contribution in [0.3, 0.4) is 0 Å². The van der Waals surface area contributed by atoms with Gasteiger partial charge in [-0.3, -0.25) is 9.59 Å². The maximum absolute atomic E-state index is 13.2. The van der Waals surface area contributed by atoms with Crippen LogP contribution in [0.5, 0.6) is 5.75 Å². The number of benzene rings is 1. The van der Waals surface area contributed by atoms with Gasteiger partial charge in [-0.1, -0.05) is 0 Å².